The molecule has 3 aromatic carbocycles. The fourth-order valence-corrected chi connectivity index (χ4v) is 14.7. The van der Waals surface area contributed by atoms with E-state index in [1.807, 2.05) is 60.4 Å². The zero-order chi connectivity index (χ0) is 64.6. The number of aromatic nitrogens is 7. The molecule has 3 aliphatic carbocycles. The molecule has 3 amide bonds. The van der Waals surface area contributed by atoms with E-state index in [0.717, 1.165) is 158 Å². The third-order valence-corrected chi connectivity index (χ3v) is 20.3. The van der Waals surface area contributed by atoms with Gasteiger partial charge in [0.25, 0.3) is 0 Å². The Kier molecular flexibility index (Phi) is 21.5. The lowest BCUT2D eigenvalue weighted by atomic mass is 9.77. The zero-order valence-electron chi connectivity index (χ0n) is 55.5. The van der Waals surface area contributed by atoms with E-state index in [0.29, 0.717) is 30.7 Å². The van der Waals surface area contributed by atoms with Crippen molar-refractivity contribution in [1.82, 2.24) is 65.0 Å². The first-order valence-corrected chi connectivity index (χ1v) is 33.8. The Balaban J connectivity index is 0.000000142. The van der Waals surface area contributed by atoms with Gasteiger partial charge in [-0.15, -0.1) is 0 Å². The highest BCUT2D eigenvalue weighted by Gasteiger charge is 2.41. The van der Waals surface area contributed by atoms with E-state index < -0.39 is 5.60 Å². The maximum Gasteiger partial charge on any atom is 0.239 e. The number of rotatable bonds is 20. The summed E-state index contributed by atoms with van der Waals surface area (Å²) in [7, 11) is 5.76. The van der Waals surface area contributed by atoms with Crippen LogP contribution in [0.4, 0.5) is 17.5 Å². The zero-order valence-corrected chi connectivity index (χ0v) is 55.5. The number of aliphatic hydroxyl groups excluding tert-OH is 1. The SMILES string of the molecule is CCOCC1CCC(N2CC(NC(=O)CNc3nn(C)c4ccc(C)cc34)C2)CC1.Cc1ccc2c(c1)c(NCC(=O)NC1CN(C3CCC(CO)CC3)C1)nn2C.Cc1ccc2c(c1)c(NCC(=O)NC1CN(C3CCC(O)(c4ccc(C)nc4)CC3)C1)nn2C. The number of benzene rings is 3. The fraction of sp³-hybridized carbons (Fsp3) is 0.586. The quantitative estimate of drug-likeness (QED) is 0.0384. The first-order chi connectivity index (χ1) is 44.4. The van der Waals surface area contributed by atoms with Crippen LogP contribution < -0.4 is 31.9 Å². The van der Waals surface area contributed by atoms with Crippen molar-refractivity contribution in [2.45, 2.75) is 154 Å². The molecule has 3 saturated carbocycles. The predicted molar refractivity (Wildman–Crippen MR) is 363 cm³/mol. The van der Waals surface area contributed by atoms with Gasteiger partial charge in [0.15, 0.2) is 17.5 Å². The van der Waals surface area contributed by atoms with Crippen molar-refractivity contribution < 1.29 is 29.3 Å². The topological polar surface area (TPSA) is 249 Å². The lowest BCUT2D eigenvalue weighted by Gasteiger charge is -2.48. The second kappa shape index (κ2) is 29.8. The van der Waals surface area contributed by atoms with Crippen LogP contribution in [0.2, 0.25) is 0 Å². The number of pyridine rings is 1. The summed E-state index contributed by atoms with van der Waals surface area (Å²) in [5.41, 5.74) is 7.81. The van der Waals surface area contributed by atoms with Gasteiger partial charge in [0, 0.05) is 132 Å². The molecule has 22 heteroatoms. The van der Waals surface area contributed by atoms with Crippen molar-refractivity contribution in [2.75, 3.05) is 94.7 Å². The maximum atomic E-state index is 12.5. The summed E-state index contributed by atoms with van der Waals surface area (Å²) in [6, 6.07) is 25.1. The van der Waals surface area contributed by atoms with Gasteiger partial charge in [-0.1, -0.05) is 41.0 Å². The van der Waals surface area contributed by atoms with Gasteiger partial charge in [-0.3, -0.25) is 48.1 Å². The van der Waals surface area contributed by atoms with E-state index in [2.05, 4.69) is 149 Å². The van der Waals surface area contributed by atoms with Crippen LogP contribution in [-0.2, 0) is 45.9 Å². The molecule has 22 nitrogen and oxygen atoms in total. The molecule has 0 unspecified atom stereocenters. The Morgan fingerprint density at radius 2 is 0.891 bits per heavy atom. The summed E-state index contributed by atoms with van der Waals surface area (Å²) in [6.45, 7) is 18.5. The van der Waals surface area contributed by atoms with Crippen molar-refractivity contribution in [3.8, 4) is 0 Å². The minimum Gasteiger partial charge on any atom is -0.396 e. The number of hydrogen-bond acceptors (Lipinski definition) is 16. The Labute approximate surface area is 541 Å². The van der Waals surface area contributed by atoms with E-state index in [1.165, 1.54) is 55.2 Å². The van der Waals surface area contributed by atoms with Crippen LogP contribution in [0.1, 0.15) is 112 Å². The lowest BCUT2D eigenvalue weighted by molar-refractivity contribution is -0.122. The molecule has 6 fully saturated rings. The van der Waals surface area contributed by atoms with Crippen LogP contribution in [0.25, 0.3) is 32.7 Å². The number of carbonyl (C=O) groups is 3. The molecule has 8 N–H and O–H groups in total. The minimum absolute atomic E-state index is 0.0130. The fourth-order valence-electron chi connectivity index (χ4n) is 14.7. The van der Waals surface area contributed by atoms with Crippen molar-refractivity contribution >= 4 is 67.9 Å². The number of aryl methyl sites for hydroxylation is 7. The monoisotopic (exact) mass is 1260 g/mol. The number of carbonyl (C=O) groups excluding carboxylic acids is 3. The summed E-state index contributed by atoms with van der Waals surface area (Å²) in [5.74, 6) is 3.52. The molecule has 4 aromatic heterocycles. The average Bonchev–Trinajstić information content (AvgIpc) is 0.926. The molecular formula is C70H100N16O6. The van der Waals surface area contributed by atoms with Gasteiger partial charge in [-0.25, -0.2) is 0 Å². The number of hydrogen-bond donors (Lipinski definition) is 8. The second-order valence-electron chi connectivity index (χ2n) is 27.3. The first kappa shape index (κ1) is 66.3. The molecule has 3 saturated heterocycles. The summed E-state index contributed by atoms with van der Waals surface area (Å²) >= 11 is 0. The normalized spacial score (nSPS) is 23.3. The van der Waals surface area contributed by atoms with Crippen LogP contribution in [0.15, 0.2) is 72.9 Å². The highest BCUT2D eigenvalue weighted by molar-refractivity contribution is 5.94. The summed E-state index contributed by atoms with van der Waals surface area (Å²) in [6.07, 6.45) is 14.8. The number of nitrogens with zero attached hydrogens (tertiary/aromatic N) is 10. The van der Waals surface area contributed by atoms with Crippen LogP contribution in [-0.4, -0.2) is 192 Å². The molecule has 13 rings (SSSR count). The Morgan fingerprint density at radius 3 is 1.24 bits per heavy atom. The molecule has 7 heterocycles. The van der Waals surface area contributed by atoms with E-state index in [1.54, 1.807) is 0 Å². The standard InChI is InChI=1S/C26H34N6O2.C23H35N5O2.C21H31N5O2/c1-17-4-7-23-22(12-17)25(30-31(23)3)28-14-24(33)29-20-15-32(16-20)21-8-10-26(34,11-9-21)19-6-5-18(2)27-13-19;1-4-30-15-17-6-8-19(9-7-17)28-13-18(14-28)25-22(29)12-24-23-20-11-16(2)5-10-21(20)27(3)26-23;1-14-3-8-19-18(9-14)21(24-25(19)2)22-10-20(28)23-16-11-26(12-16)17-6-4-15(13-27)5-7-17/h4-7,12-13,20-21,34H,8-11,14-16H2,1-3H3,(H,28,30)(H,29,33);5,10-11,17-19H,4,6-9,12-15H2,1-3H3,(H,24,26)(H,25,29);3,8-9,15-17,27H,4-7,10-13H2,1-2H3,(H,22,24)(H,23,28). The molecule has 0 spiro atoms. The van der Waals surface area contributed by atoms with E-state index >= 15 is 0 Å². The highest BCUT2D eigenvalue weighted by atomic mass is 16.5. The highest BCUT2D eigenvalue weighted by Crippen LogP contribution is 2.40. The summed E-state index contributed by atoms with van der Waals surface area (Å²) in [4.78, 5) is 49.1. The largest absolute Gasteiger partial charge is 0.396 e. The number of amides is 3. The van der Waals surface area contributed by atoms with E-state index in [-0.39, 0.29) is 55.5 Å². The van der Waals surface area contributed by atoms with Crippen molar-refractivity contribution in [2.24, 2.45) is 33.0 Å². The summed E-state index contributed by atoms with van der Waals surface area (Å²) < 4.78 is 11.1. The Hall–Kier alpha value is -7.21. The first-order valence-electron chi connectivity index (χ1n) is 33.8. The molecule has 3 aliphatic heterocycles. The minimum atomic E-state index is -0.768. The average molecular weight is 1260 g/mol. The van der Waals surface area contributed by atoms with Gasteiger partial charge in [0.05, 0.1) is 59.9 Å². The predicted octanol–water partition coefficient (Wildman–Crippen LogP) is 6.96. The molecule has 496 valence electrons. The van der Waals surface area contributed by atoms with Crippen LogP contribution in [0.3, 0.4) is 0 Å². The number of fused-ring (bicyclic) bond motifs is 3. The van der Waals surface area contributed by atoms with Crippen LogP contribution in [0.5, 0.6) is 0 Å². The molecular weight excluding hydrogens is 1160 g/mol. The molecule has 0 radical (unpaired) electrons. The van der Waals surface area contributed by atoms with Crippen LogP contribution in [0, 0.1) is 39.5 Å². The number of likely N-dealkylation sites (tertiary alicyclic amines) is 3. The molecule has 7 aromatic rings. The second-order valence-corrected chi connectivity index (χ2v) is 27.3. The third-order valence-electron chi connectivity index (χ3n) is 20.3. The third kappa shape index (κ3) is 16.2. The Morgan fingerprint density at radius 1 is 0.522 bits per heavy atom. The number of anilines is 3. The number of ether oxygens (including phenoxy) is 1. The lowest BCUT2D eigenvalue weighted by Crippen LogP contribution is -2.63. The smallest absolute Gasteiger partial charge is 0.239 e. The van der Waals surface area contributed by atoms with Gasteiger partial charge in [0.1, 0.15) is 0 Å². The van der Waals surface area contributed by atoms with Crippen molar-refractivity contribution in [3.63, 3.8) is 0 Å². The Bertz CT molecular complexity index is 3620. The van der Waals surface area contributed by atoms with Gasteiger partial charge in [-0.05, 0) is 166 Å². The summed E-state index contributed by atoms with van der Waals surface area (Å²) in [5, 5.41) is 56.1. The molecule has 6 aliphatic rings. The van der Waals surface area contributed by atoms with Crippen molar-refractivity contribution in [3.05, 3.63) is 101 Å². The molecule has 0 atom stereocenters. The van der Waals surface area contributed by atoms with Gasteiger partial charge >= 0.3 is 0 Å². The van der Waals surface area contributed by atoms with Crippen LogP contribution >= 0.6 is 0 Å². The molecule has 92 heavy (non-hydrogen) atoms. The molecule has 0 bridgehead atoms. The van der Waals surface area contributed by atoms with Gasteiger partial charge in [0.2, 0.25) is 17.7 Å². The van der Waals surface area contributed by atoms with E-state index in [4.69, 9.17) is 4.74 Å². The van der Waals surface area contributed by atoms with E-state index in [9.17, 15) is 24.6 Å². The van der Waals surface area contributed by atoms with Gasteiger partial charge in [-0.2, -0.15) is 15.3 Å². The number of nitrogens with one attached hydrogen (secondary N) is 6. The number of aliphatic hydroxyl groups is 2. The van der Waals surface area contributed by atoms with Crippen molar-refractivity contribution in [1.29, 1.82) is 0 Å². The van der Waals surface area contributed by atoms with Gasteiger partial charge < -0.3 is 46.9 Å². The maximum absolute atomic E-state index is 12.5.